The summed E-state index contributed by atoms with van der Waals surface area (Å²) in [7, 11) is 1.63. The highest BCUT2D eigenvalue weighted by Gasteiger charge is 2.02. The minimum absolute atomic E-state index is 0.736. The van der Waals surface area contributed by atoms with Gasteiger partial charge in [-0.3, -0.25) is 0 Å². The Morgan fingerprint density at radius 2 is 2.33 bits per heavy atom. The van der Waals surface area contributed by atoms with Crippen LogP contribution < -0.4 is 10.5 Å². The van der Waals surface area contributed by atoms with Crippen LogP contribution in [-0.4, -0.2) is 7.11 Å². The number of nitrogens with two attached hydrogens (primary N) is 1. The molecule has 1 aromatic rings. The first-order valence-electron chi connectivity index (χ1n) is 2.63. The van der Waals surface area contributed by atoms with Gasteiger partial charge in [-0.15, -0.1) is 11.3 Å². The van der Waals surface area contributed by atoms with E-state index in [1.54, 1.807) is 18.4 Å². The molecule has 1 aromatic heterocycles. The van der Waals surface area contributed by atoms with E-state index in [0.717, 1.165) is 16.3 Å². The Hall–Kier alpha value is -0.700. The largest absolute Gasteiger partial charge is 0.493 e. The van der Waals surface area contributed by atoms with Crippen molar-refractivity contribution in [3.63, 3.8) is 0 Å². The molecule has 2 N–H and O–H groups in total. The van der Waals surface area contributed by atoms with E-state index in [9.17, 15) is 0 Å². The molecule has 0 aromatic carbocycles. The van der Waals surface area contributed by atoms with E-state index in [0.29, 0.717) is 0 Å². The second-order valence-corrected chi connectivity index (χ2v) is 2.86. The number of aryl methyl sites for hydroxylation is 1. The molecule has 0 saturated heterocycles. The zero-order valence-electron chi connectivity index (χ0n) is 5.47. The summed E-state index contributed by atoms with van der Waals surface area (Å²) in [6.45, 7) is 1.99. The van der Waals surface area contributed by atoms with Gasteiger partial charge in [0.2, 0.25) is 0 Å². The maximum absolute atomic E-state index is 5.54. The van der Waals surface area contributed by atoms with Gasteiger partial charge in [-0.05, 0) is 6.92 Å². The maximum Gasteiger partial charge on any atom is 0.155 e. The number of methoxy groups -OCH3 is 1. The highest BCUT2D eigenvalue weighted by atomic mass is 32.1. The number of anilines is 1. The molecule has 0 radical (unpaired) electrons. The zero-order chi connectivity index (χ0) is 6.85. The molecule has 0 aliphatic heterocycles. The van der Waals surface area contributed by atoms with E-state index in [-0.39, 0.29) is 0 Å². The van der Waals surface area contributed by atoms with Crippen LogP contribution >= 0.6 is 11.3 Å². The molecule has 3 heteroatoms. The second kappa shape index (κ2) is 2.27. The van der Waals surface area contributed by atoms with Crippen LogP contribution in [-0.2, 0) is 0 Å². The number of hydrogen-bond donors (Lipinski definition) is 1. The molecule has 2 nitrogen and oxygen atoms in total. The zero-order valence-corrected chi connectivity index (χ0v) is 6.29. The summed E-state index contributed by atoms with van der Waals surface area (Å²) < 4.78 is 5.00. The summed E-state index contributed by atoms with van der Waals surface area (Å²) in [6, 6.07) is 0. The first-order chi connectivity index (χ1) is 4.25. The van der Waals surface area contributed by atoms with E-state index in [4.69, 9.17) is 10.5 Å². The normalized spacial score (nSPS) is 9.56. The highest BCUT2D eigenvalue weighted by molar-refractivity contribution is 7.10. The molecule has 0 aliphatic carbocycles. The average Bonchev–Trinajstić information content (AvgIpc) is 2.12. The Morgan fingerprint density at radius 1 is 1.67 bits per heavy atom. The predicted molar refractivity (Wildman–Crippen MR) is 40.0 cm³/mol. The van der Waals surface area contributed by atoms with Crippen molar-refractivity contribution in [2.24, 2.45) is 0 Å². The van der Waals surface area contributed by atoms with Gasteiger partial charge in [-0.25, -0.2) is 0 Å². The Bertz CT molecular complexity index is 187. The van der Waals surface area contributed by atoms with E-state index in [1.165, 1.54) is 0 Å². The van der Waals surface area contributed by atoms with Gasteiger partial charge in [0, 0.05) is 10.3 Å². The monoisotopic (exact) mass is 143 g/mol. The lowest BCUT2D eigenvalue weighted by Crippen LogP contribution is -1.87. The summed E-state index contributed by atoms with van der Waals surface area (Å²) >= 11 is 1.61. The minimum Gasteiger partial charge on any atom is -0.493 e. The van der Waals surface area contributed by atoms with Crippen molar-refractivity contribution < 1.29 is 4.74 Å². The van der Waals surface area contributed by atoms with Crippen LogP contribution in [0.4, 0.5) is 5.69 Å². The van der Waals surface area contributed by atoms with Gasteiger partial charge < -0.3 is 10.5 Å². The second-order valence-electron chi connectivity index (χ2n) is 1.78. The van der Waals surface area contributed by atoms with Gasteiger partial charge in [0.1, 0.15) is 0 Å². The average molecular weight is 143 g/mol. The van der Waals surface area contributed by atoms with Gasteiger partial charge in [-0.1, -0.05) is 0 Å². The van der Waals surface area contributed by atoms with Gasteiger partial charge >= 0.3 is 0 Å². The summed E-state index contributed by atoms with van der Waals surface area (Å²) in [5, 5.41) is 1.88. The summed E-state index contributed by atoms with van der Waals surface area (Å²) in [6.07, 6.45) is 0. The molecular weight excluding hydrogens is 134 g/mol. The molecule has 9 heavy (non-hydrogen) atoms. The van der Waals surface area contributed by atoms with Crippen LogP contribution in [0.15, 0.2) is 5.38 Å². The molecule has 0 atom stereocenters. The van der Waals surface area contributed by atoms with Crippen LogP contribution in [0.2, 0.25) is 0 Å². The van der Waals surface area contributed by atoms with E-state index in [1.807, 2.05) is 12.3 Å². The smallest absolute Gasteiger partial charge is 0.155 e. The first-order valence-corrected chi connectivity index (χ1v) is 3.51. The molecule has 0 amide bonds. The number of thiophene rings is 1. The lowest BCUT2D eigenvalue weighted by atomic mass is 10.4. The van der Waals surface area contributed by atoms with Crippen LogP contribution in [0, 0.1) is 6.92 Å². The first kappa shape index (κ1) is 6.42. The van der Waals surface area contributed by atoms with Crippen molar-refractivity contribution >= 4 is 17.0 Å². The molecule has 0 saturated carbocycles. The van der Waals surface area contributed by atoms with Crippen molar-refractivity contribution in [3.05, 3.63) is 10.3 Å². The van der Waals surface area contributed by atoms with Crippen LogP contribution in [0.1, 0.15) is 4.88 Å². The number of nitrogen functional groups attached to an aromatic ring is 1. The Morgan fingerprint density at radius 3 is 2.56 bits per heavy atom. The van der Waals surface area contributed by atoms with E-state index < -0.39 is 0 Å². The molecule has 1 rings (SSSR count). The molecule has 1 heterocycles. The van der Waals surface area contributed by atoms with Crippen molar-refractivity contribution in [1.82, 2.24) is 0 Å². The fourth-order valence-corrected chi connectivity index (χ4v) is 1.44. The molecule has 0 aliphatic rings. The lowest BCUT2D eigenvalue weighted by molar-refractivity contribution is 0.416. The maximum atomic E-state index is 5.54. The van der Waals surface area contributed by atoms with E-state index in [2.05, 4.69) is 0 Å². The van der Waals surface area contributed by atoms with Crippen molar-refractivity contribution in [3.8, 4) is 5.75 Å². The third kappa shape index (κ3) is 1.00. The van der Waals surface area contributed by atoms with E-state index >= 15 is 0 Å². The van der Waals surface area contributed by atoms with Gasteiger partial charge in [-0.2, -0.15) is 0 Å². The topological polar surface area (TPSA) is 35.2 Å². The number of hydrogen-bond acceptors (Lipinski definition) is 3. The molecule has 0 fully saturated rings. The van der Waals surface area contributed by atoms with Gasteiger partial charge in [0.25, 0.3) is 0 Å². The quantitative estimate of drug-likeness (QED) is 0.648. The van der Waals surface area contributed by atoms with Gasteiger partial charge in [0.15, 0.2) is 5.75 Å². The Labute approximate surface area is 58.3 Å². The van der Waals surface area contributed by atoms with Gasteiger partial charge in [0.05, 0.1) is 12.8 Å². The highest BCUT2D eigenvalue weighted by Crippen LogP contribution is 2.31. The number of rotatable bonds is 1. The van der Waals surface area contributed by atoms with Crippen molar-refractivity contribution in [2.45, 2.75) is 6.92 Å². The Balaban J connectivity index is 3.07. The fraction of sp³-hybridized carbons (Fsp3) is 0.333. The fourth-order valence-electron chi connectivity index (χ4n) is 0.724. The predicted octanol–water partition coefficient (Wildman–Crippen LogP) is 1.65. The molecule has 0 bridgehead atoms. The van der Waals surface area contributed by atoms with Crippen LogP contribution in [0.5, 0.6) is 5.75 Å². The summed E-state index contributed by atoms with van der Waals surface area (Å²) in [5.41, 5.74) is 6.27. The lowest BCUT2D eigenvalue weighted by Gasteiger charge is -1.96. The Kier molecular flexibility index (Phi) is 1.62. The molecule has 0 spiro atoms. The SMILES string of the molecule is COc1c(N)csc1C. The van der Waals surface area contributed by atoms with Crippen LogP contribution in [0.3, 0.4) is 0 Å². The van der Waals surface area contributed by atoms with Crippen molar-refractivity contribution in [1.29, 1.82) is 0 Å². The standard InChI is InChI=1S/C6H9NOS/c1-4-6(8-2)5(7)3-9-4/h3H,7H2,1-2H3. The minimum atomic E-state index is 0.736. The number of ether oxygens (including phenoxy) is 1. The molecule has 0 unspecified atom stereocenters. The third-order valence-corrected chi connectivity index (χ3v) is 2.06. The molecule has 50 valence electrons. The van der Waals surface area contributed by atoms with Crippen LogP contribution in [0.25, 0.3) is 0 Å². The summed E-state index contributed by atoms with van der Waals surface area (Å²) in [5.74, 6) is 0.819. The molecular formula is C6H9NOS. The third-order valence-electron chi connectivity index (χ3n) is 1.15. The summed E-state index contributed by atoms with van der Waals surface area (Å²) in [4.78, 5) is 1.13. The van der Waals surface area contributed by atoms with Crippen molar-refractivity contribution in [2.75, 3.05) is 12.8 Å².